The first-order valence-electron chi connectivity index (χ1n) is 8.54. The van der Waals surface area contributed by atoms with Gasteiger partial charge in [-0.15, -0.1) is 32.9 Å². The van der Waals surface area contributed by atoms with Gasteiger partial charge in [0.25, 0.3) is 0 Å². The van der Waals surface area contributed by atoms with Gasteiger partial charge in [0.1, 0.15) is 5.82 Å². The zero-order chi connectivity index (χ0) is 19.2. The monoisotopic (exact) mass is 404 g/mol. The first-order valence-corrected chi connectivity index (χ1v) is 10.3. The standard InChI is InChI=1S/C17H24N8S2/c1-12-22-23-15(25(12)4)10-20-16(19-9-14-6-5-7-26-14)18-8-13-11-27-17(21-13)24(2)3/h5-7,11H,8-10H2,1-4H3,(H2,18,19,20). The van der Waals surface area contributed by atoms with Crippen molar-refractivity contribution in [2.24, 2.45) is 12.0 Å². The summed E-state index contributed by atoms with van der Waals surface area (Å²) in [5, 5.41) is 20.1. The molecular formula is C17H24N8S2. The van der Waals surface area contributed by atoms with Gasteiger partial charge in [-0.2, -0.15) is 0 Å². The number of thiophene rings is 1. The second-order valence-electron chi connectivity index (χ2n) is 6.19. The Morgan fingerprint density at radius 2 is 2.04 bits per heavy atom. The van der Waals surface area contributed by atoms with Crippen LogP contribution in [0.4, 0.5) is 5.13 Å². The fourth-order valence-electron chi connectivity index (χ4n) is 2.26. The SMILES string of the molecule is Cc1nnc(CNC(=NCc2csc(N(C)C)n2)NCc2cccs2)n1C. The van der Waals surface area contributed by atoms with E-state index < -0.39 is 0 Å². The van der Waals surface area contributed by atoms with Crippen LogP contribution in [0.5, 0.6) is 0 Å². The van der Waals surface area contributed by atoms with Crippen molar-refractivity contribution in [1.82, 2.24) is 30.4 Å². The largest absolute Gasteiger partial charge is 0.354 e. The summed E-state index contributed by atoms with van der Waals surface area (Å²) in [6.45, 7) is 3.72. The summed E-state index contributed by atoms with van der Waals surface area (Å²) in [6, 6.07) is 4.15. The van der Waals surface area contributed by atoms with Gasteiger partial charge in [-0.1, -0.05) is 6.07 Å². The third kappa shape index (κ3) is 5.27. The Morgan fingerprint density at radius 1 is 1.22 bits per heavy atom. The summed E-state index contributed by atoms with van der Waals surface area (Å²) in [7, 11) is 5.94. The highest BCUT2D eigenvalue weighted by Gasteiger charge is 2.08. The Labute approximate surface area is 167 Å². The highest BCUT2D eigenvalue weighted by molar-refractivity contribution is 7.13. The van der Waals surface area contributed by atoms with Gasteiger partial charge >= 0.3 is 0 Å². The number of aromatic nitrogens is 4. The van der Waals surface area contributed by atoms with Crippen LogP contribution in [0.3, 0.4) is 0 Å². The molecule has 0 amide bonds. The molecule has 144 valence electrons. The van der Waals surface area contributed by atoms with Crippen LogP contribution in [-0.2, 0) is 26.7 Å². The van der Waals surface area contributed by atoms with Crippen molar-refractivity contribution in [2.45, 2.75) is 26.6 Å². The number of hydrogen-bond donors (Lipinski definition) is 2. The minimum atomic E-state index is 0.516. The fraction of sp³-hybridized carbons (Fsp3) is 0.412. The van der Waals surface area contributed by atoms with Crippen molar-refractivity contribution in [3.8, 4) is 0 Å². The van der Waals surface area contributed by atoms with E-state index >= 15 is 0 Å². The molecule has 0 aromatic carbocycles. The van der Waals surface area contributed by atoms with Crippen molar-refractivity contribution >= 4 is 33.8 Å². The lowest BCUT2D eigenvalue weighted by Crippen LogP contribution is -2.37. The van der Waals surface area contributed by atoms with E-state index in [1.807, 2.05) is 49.0 Å². The maximum Gasteiger partial charge on any atom is 0.192 e. The molecule has 0 bridgehead atoms. The molecule has 3 heterocycles. The van der Waals surface area contributed by atoms with Gasteiger partial charge < -0.3 is 20.1 Å². The number of hydrogen-bond acceptors (Lipinski definition) is 7. The predicted octanol–water partition coefficient (Wildman–Crippen LogP) is 2.14. The molecule has 2 N–H and O–H groups in total. The lowest BCUT2D eigenvalue weighted by Gasteiger charge is -2.12. The molecule has 0 atom stereocenters. The molecule has 3 rings (SSSR count). The molecule has 0 aliphatic carbocycles. The van der Waals surface area contributed by atoms with Gasteiger partial charge in [0.15, 0.2) is 16.9 Å². The summed E-state index contributed by atoms with van der Waals surface area (Å²) in [5.41, 5.74) is 0.954. The van der Waals surface area contributed by atoms with Crippen molar-refractivity contribution < 1.29 is 0 Å². The first kappa shape index (κ1) is 19.3. The summed E-state index contributed by atoms with van der Waals surface area (Å²) >= 11 is 3.34. The van der Waals surface area contributed by atoms with Crippen LogP contribution in [0.25, 0.3) is 0 Å². The molecule has 0 radical (unpaired) electrons. The van der Waals surface area contributed by atoms with Crippen LogP contribution in [0.15, 0.2) is 27.9 Å². The van der Waals surface area contributed by atoms with Crippen LogP contribution in [-0.4, -0.2) is 39.8 Å². The molecule has 0 saturated heterocycles. The lowest BCUT2D eigenvalue weighted by molar-refractivity contribution is 0.715. The third-order valence-electron chi connectivity index (χ3n) is 3.93. The van der Waals surface area contributed by atoms with Crippen molar-refractivity contribution in [3.05, 3.63) is 45.1 Å². The third-order valence-corrected chi connectivity index (χ3v) is 5.86. The minimum absolute atomic E-state index is 0.516. The average molecular weight is 405 g/mol. The van der Waals surface area contributed by atoms with Gasteiger partial charge in [0.2, 0.25) is 0 Å². The Hall–Kier alpha value is -2.46. The smallest absolute Gasteiger partial charge is 0.192 e. The highest BCUT2D eigenvalue weighted by Crippen LogP contribution is 2.18. The van der Waals surface area contributed by atoms with Crippen LogP contribution < -0.4 is 15.5 Å². The number of anilines is 1. The van der Waals surface area contributed by atoms with Crippen molar-refractivity contribution in [3.63, 3.8) is 0 Å². The summed E-state index contributed by atoms with van der Waals surface area (Å²) < 4.78 is 1.97. The normalized spacial score (nSPS) is 11.6. The molecule has 3 aromatic rings. The van der Waals surface area contributed by atoms with E-state index in [9.17, 15) is 0 Å². The Morgan fingerprint density at radius 3 is 2.67 bits per heavy atom. The Kier molecular flexibility index (Phi) is 6.40. The topological polar surface area (TPSA) is 83.3 Å². The molecule has 0 saturated carbocycles. The van der Waals surface area contributed by atoms with Crippen LogP contribution in [0.2, 0.25) is 0 Å². The van der Waals surface area contributed by atoms with E-state index in [-0.39, 0.29) is 0 Å². The highest BCUT2D eigenvalue weighted by atomic mass is 32.1. The lowest BCUT2D eigenvalue weighted by atomic mass is 10.4. The molecule has 10 heteroatoms. The maximum absolute atomic E-state index is 4.68. The number of aliphatic imine (C=N–C) groups is 1. The van der Waals surface area contributed by atoms with Crippen LogP contribution in [0.1, 0.15) is 22.2 Å². The van der Waals surface area contributed by atoms with Gasteiger partial charge in [-0.05, 0) is 18.4 Å². The molecular weight excluding hydrogens is 380 g/mol. The second-order valence-corrected chi connectivity index (χ2v) is 8.06. The predicted molar refractivity (Wildman–Crippen MR) is 111 cm³/mol. The minimum Gasteiger partial charge on any atom is -0.354 e. The molecule has 0 aliphatic heterocycles. The van der Waals surface area contributed by atoms with Crippen LogP contribution in [0, 0.1) is 6.92 Å². The first-order chi connectivity index (χ1) is 13.0. The zero-order valence-corrected chi connectivity index (χ0v) is 17.6. The van der Waals surface area contributed by atoms with E-state index in [4.69, 9.17) is 0 Å². The van der Waals surface area contributed by atoms with E-state index in [0.717, 1.165) is 35.0 Å². The zero-order valence-electron chi connectivity index (χ0n) is 15.9. The number of nitrogens with one attached hydrogen (secondary N) is 2. The van der Waals surface area contributed by atoms with Crippen molar-refractivity contribution in [2.75, 3.05) is 19.0 Å². The molecule has 27 heavy (non-hydrogen) atoms. The quantitative estimate of drug-likeness (QED) is 0.464. The number of nitrogens with zero attached hydrogens (tertiary/aromatic N) is 6. The number of rotatable bonds is 7. The van der Waals surface area contributed by atoms with Gasteiger partial charge in [0.05, 0.1) is 25.3 Å². The van der Waals surface area contributed by atoms with E-state index in [0.29, 0.717) is 13.1 Å². The second kappa shape index (κ2) is 8.96. The number of thiazole rings is 1. The molecule has 0 aliphatic rings. The van der Waals surface area contributed by atoms with E-state index in [2.05, 4.69) is 42.3 Å². The number of guanidine groups is 1. The van der Waals surface area contributed by atoms with E-state index in [1.165, 1.54) is 4.88 Å². The van der Waals surface area contributed by atoms with E-state index in [1.54, 1.807) is 22.7 Å². The fourth-order valence-corrected chi connectivity index (χ4v) is 3.65. The number of aryl methyl sites for hydroxylation is 1. The average Bonchev–Trinajstić information content (AvgIpc) is 3.38. The molecule has 0 unspecified atom stereocenters. The Balaban J connectivity index is 1.66. The molecule has 8 nitrogen and oxygen atoms in total. The summed E-state index contributed by atoms with van der Waals surface area (Å²) in [4.78, 5) is 12.5. The maximum atomic E-state index is 4.68. The molecule has 3 aromatic heterocycles. The van der Waals surface area contributed by atoms with Crippen molar-refractivity contribution in [1.29, 1.82) is 0 Å². The molecule has 0 spiro atoms. The summed E-state index contributed by atoms with van der Waals surface area (Å²) in [5.74, 6) is 2.47. The van der Waals surface area contributed by atoms with Crippen LogP contribution >= 0.6 is 22.7 Å². The summed E-state index contributed by atoms with van der Waals surface area (Å²) in [6.07, 6.45) is 0. The van der Waals surface area contributed by atoms with Gasteiger partial charge in [0, 0.05) is 31.4 Å². The molecule has 0 fully saturated rings. The van der Waals surface area contributed by atoms with Gasteiger partial charge in [-0.25, -0.2) is 9.98 Å². The Bertz CT molecular complexity index is 879. The van der Waals surface area contributed by atoms with Gasteiger partial charge in [-0.3, -0.25) is 0 Å².